The first-order valence-electron chi connectivity index (χ1n) is 11.3. The predicted molar refractivity (Wildman–Crippen MR) is 130 cm³/mol. The summed E-state index contributed by atoms with van der Waals surface area (Å²) in [5.74, 6) is 3.19. The van der Waals surface area contributed by atoms with E-state index in [4.69, 9.17) is 18.9 Å². The summed E-state index contributed by atoms with van der Waals surface area (Å²) in [6.07, 6.45) is 2.66. The number of ether oxygens (including phenoxy) is 4. The Kier molecular flexibility index (Phi) is 5.99. The van der Waals surface area contributed by atoms with Gasteiger partial charge in [-0.15, -0.1) is 0 Å². The number of nitrogens with zero attached hydrogens (tertiary/aromatic N) is 1. The Bertz CT molecular complexity index is 1260. The maximum Gasteiger partial charge on any atom is 0.231 e. The number of carbonyl (C=O) groups is 1. The molecule has 0 unspecified atom stereocenters. The third kappa shape index (κ3) is 4.24. The van der Waals surface area contributed by atoms with Crippen LogP contribution < -0.4 is 18.9 Å². The van der Waals surface area contributed by atoms with Gasteiger partial charge in [-0.25, -0.2) is 0 Å². The molecule has 0 N–H and O–H groups in total. The number of rotatable bonds is 6. The summed E-state index contributed by atoms with van der Waals surface area (Å²) in [5.41, 5.74) is 4.55. The van der Waals surface area contributed by atoms with Crippen molar-refractivity contribution in [2.75, 3.05) is 27.5 Å². The molecule has 0 atom stereocenters. The van der Waals surface area contributed by atoms with Crippen LogP contribution in [0.25, 0.3) is 6.08 Å². The first-order valence-corrected chi connectivity index (χ1v) is 11.3. The molecule has 6 heteroatoms. The van der Waals surface area contributed by atoms with Crippen LogP contribution in [0.1, 0.15) is 32.6 Å². The van der Waals surface area contributed by atoms with Crippen LogP contribution in [0.5, 0.6) is 23.0 Å². The lowest BCUT2D eigenvalue weighted by atomic mass is 10.00. The number of ketones is 1. The van der Waals surface area contributed by atoms with Crippen LogP contribution in [0.4, 0.5) is 0 Å². The molecular weight excluding hydrogens is 430 g/mol. The molecule has 2 aliphatic rings. The van der Waals surface area contributed by atoms with Gasteiger partial charge in [-0.1, -0.05) is 24.3 Å². The van der Waals surface area contributed by atoms with E-state index in [1.165, 1.54) is 5.56 Å². The van der Waals surface area contributed by atoms with Crippen LogP contribution in [-0.4, -0.2) is 38.2 Å². The average molecular weight is 458 g/mol. The van der Waals surface area contributed by atoms with E-state index in [1.807, 2.05) is 49.4 Å². The van der Waals surface area contributed by atoms with Gasteiger partial charge in [0, 0.05) is 24.2 Å². The molecule has 5 rings (SSSR count). The third-order valence-corrected chi connectivity index (χ3v) is 6.27. The van der Waals surface area contributed by atoms with Gasteiger partial charge in [0.25, 0.3) is 0 Å². The Labute approximate surface area is 199 Å². The van der Waals surface area contributed by atoms with Crippen LogP contribution in [0, 0.1) is 6.92 Å². The van der Waals surface area contributed by atoms with Gasteiger partial charge in [0.1, 0.15) is 29.7 Å². The molecular formula is C28H27NO5. The van der Waals surface area contributed by atoms with Crippen LogP contribution in [0.3, 0.4) is 0 Å². The van der Waals surface area contributed by atoms with E-state index >= 15 is 0 Å². The zero-order valence-corrected chi connectivity index (χ0v) is 19.6. The fourth-order valence-corrected chi connectivity index (χ4v) is 4.40. The Morgan fingerprint density at radius 1 is 1.00 bits per heavy atom. The lowest BCUT2D eigenvalue weighted by Gasteiger charge is -2.30. The highest BCUT2D eigenvalue weighted by Crippen LogP contribution is 2.43. The normalized spacial score (nSPS) is 16.0. The number of hydrogen-bond donors (Lipinski definition) is 0. The average Bonchev–Trinajstić information content (AvgIpc) is 3.18. The molecule has 3 aromatic carbocycles. The molecule has 0 saturated heterocycles. The summed E-state index contributed by atoms with van der Waals surface area (Å²) in [6, 6.07) is 17.6. The number of fused-ring (bicyclic) bond motifs is 2. The second kappa shape index (κ2) is 9.23. The van der Waals surface area contributed by atoms with Gasteiger partial charge < -0.3 is 18.9 Å². The minimum atomic E-state index is -0.112. The molecule has 0 aromatic heterocycles. The predicted octanol–water partition coefficient (Wildman–Crippen LogP) is 5.02. The lowest BCUT2D eigenvalue weighted by molar-refractivity contribution is 0.0954. The number of carbonyl (C=O) groups excluding carboxylic acids is 1. The Balaban J connectivity index is 1.33. The van der Waals surface area contributed by atoms with Crippen molar-refractivity contribution >= 4 is 11.9 Å². The summed E-state index contributed by atoms with van der Waals surface area (Å²) in [4.78, 5) is 15.4. The van der Waals surface area contributed by atoms with Crippen LogP contribution in [0.15, 0.2) is 60.4 Å². The summed E-state index contributed by atoms with van der Waals surface area (Å²) in [6.45, 7) is 4.03. The van der Waals surface area contributed by atoms with Crippen molar-refractivity contribution in [1.82, 2.24) is 4.90 Å². The third-order valence-electron chi connectivity index (χ3n) is 6.27. The molecule has 0 amide bonds. The minimum absolute atomic E-state index is 0.112. The molecule has 3 aromatic rings. The van der Waals surface area contributed by atoms with Gasteiger partial charge in [0.15, 0.2) is 5.76 Å². The molecule has 0 saturated carbocycles. The highest BCUT2D eigenvalue weighted by Gasteiger charge is 2.33. The first-order chi connectivity index (χ1) is 16.6. The van der Waals surface area contributed by atoms with Crippen molar-refractivity contribution in [3.05, 3.63) is 88.2 Å². The zero-order chi connectivity index (χ0) is 23.7. The van der Waals surface area contributed by atoms with Crippen molar-refractivity contribution < 1.29 is 23.7 Å². The van der Waals surface area contributed by atoms with E-state index in [0.29, 0.717) is 23.8 Å². The smallest absolute Gasteiger partial charge is 0.231 e. The first kappa shape index (κ1) is 22.0. The van der Waals surface area contributed by atoms with Gasteiger partial charge >= 0.3 is 0 Å². The standard InChI is InChI=1S/C28H27NO5/c1-18-27-21(16-29(17-33-27)12-11-19-7-9-22(31-2)10-8-19)15-24-26(30)25(34-28(18)24)14-20-5-4-6-23(13-20)32-3/h4-10,13-15H,11-12,16-17H2,1-3H3/b25-14-. The van der Waals surface area contributed by atoms with Crippen LogP contribution in [0.2, 0.25) is 0 Å². The SMILES string of the molecule is COc1ccc(CCN2COc3c(cc4c(c3C)O/C(=C\c3cccc(OC)c3)C4=O)C2)cc1. The molecule has 34 heavy (non-hydrogen) atoms. The Morgan fingerprint density at radius 3 is 2.56 bits per heavy atom. The van der Waals surface area contributed by atoms with Gasteiger partial charge in [0.2, 0.25) is 5.78 Å². The molecule has 0 radical (unpaired) electrons. The molecule has 2 aliphatic heterocycles. The minimum Gasteiger partial charge on any atom is -0.497 e. The molecule has 0 spiro atoms. The van der Waals surface area contributed by atoms with Gasteiger partial charge in [-0.3, -0.25) is 9.69 Å². The maximum atomic E-state index is 13.1. The van der Waals surface area contributed by atoms with Crippen molar-refractivity contribution in [3.63, 3.8) is 0 Å². The second-order valence-corrected chi connectivity index (χ2v) is 8.51. The van der Waals surface area contributed by atoms with Gasteiger partial charge in [-0.2, -0.15) is 0 Å². The molecule has 0 fully saturated rings. The van der Waals surface area contributed by atoms with E-state index in [2.05, 4.69) is 17.0 Å². The number of hydrogen-bond acceptors (Lipinski definition) is 6. The van der Waals surface area contributed by atoms with E-state index in [-0.39, 0.29) is 5.78 Å². The zero-order valence-electron chi connectivity index (χ0n) is 19.6. The highest BCUT2D eigenvalue weighted by molar-refractivity contribution is 6.15. The van der Waals surface area contributed by atoms with Crippen molar-refractivity contribution in [2.24, 2.45) is 0 Å². The van der Waals surface area contributed by atoms with E-state index in [9.17, 15) is 4.79 Å². The largest absolute Gasteiger partial charge is 0.497 e. The van der Waals surface area contributed by atoms with Gasteiger partial charge in [0.05, 0.1) is 19.8 Å². The van der Waals surface area contributed by atoms with E-state index in [0.717, 1.165) is 53.4 Å². The van der Waals surface area contributed by atoms with E-state index in [1.54, 1.807) is 20.3 Å². The van der Waals surface area contributed by atoms with Crippen molar-refractivity contribution in [2.45, 2.75) is 19.9 Å². The molecule has 0 bridgehead atoms. The number of allylic oxidation sites excluding steroid dienone is 1. The summed E-state index contributed by atoms with van der Waals surface area (Å²) in [5, 5.41) is 0. The topological polar surface area (TPSA) is 57.2 Å². The van der Waals surface area contributed by atoms with E-state index < -0.39 is 0 Å². The van der Waals surface area contributed by atoms with Crippen LogP contribution in [-0.2, 0) is 13.0 Å². The lowest BCUT2D eigenvalue weighted by Crippen LogP contribution is -2.34. The summed E-state index contributed by atoms with van der Waals surface area (Å²) in [7, 11) is 3.29. The molecule has 2 heterocycles. The number of methoxy groups -OCH3 is 2. The van der Waals surface area contributed by atoms with Crippen molar-refractivity contribution in [3.8, 4) is 23.0 Å². The van der Waals surface area contributed by atoms with Gasteiger partial charge in [-0.05, 0) is 60.9 Å². The van der Waals surface area contributed by atoms with Crippen molar-refractivity contribution in [1.29, 1.82) is 0 Å². The summed E-state index contributed by atoms with van der Waals surface area (Å²) < 4.78 is 22.6. The highest BCUT2D eigenvalue weighted by atomic mass is 16.5. The summed E-state index contributed by atoms with van der Waals surface area (Å²) >= 11 is 0. The Morgan fingerprint density at radius 2 is 1.79 bits per heavy atom. The quantitative estimate of drug-likeness (QED) is 0.485. The maximum absolute atomic E-state index is 13.1. The Hall–Kier alpha value is -3.77. The number of Topliss-reactive ketones (excluding diaryl/α,β-unsaturated/α-hetero) is 1. The number of benzene rings is 3. The molecule has 174 valence electrons. The van der Waals surface area contributed by atoms with Crippen LogP contribution >= 0.6 is 0 Å². The fourth-order valence-electron chi connectivity index (χ4n) is 4.40. The molecule has 6 nitrogen and oxygen atoms in total. The molecule has 0 aliphatic carbocycles. The fraction of sp³-hybridized carbons (Fsp3) is 0.250. The monoisotopic (exact) mass is 457 g/mol. The second-order valence-electron chi connectivity index (χ2n) is 8.51.